The third-order valence-electron chi connectivity index (χ3n) is 3.05. The maximum atomic E-state index is 10.0. The monoisotopic (exact) mass is 262 g/mol. The van der Waals surface area contributed by atoms with Crippen molar-refractivity contribution in [3.8, 4) is 0 Å². The summed E-state index contributed by atoms with van der Waals surface area (Å²) in [7, 11) is 0. The van der Waals surface area contributed by atoms with Crippen LogP contribution in [-0.4, -0.2) is 18.3 Å². The highest BCUT2D eigenvalue weighted by molar-refractivity contribution is 5.77. The molecule has 0 fully saturated rings. The number of furan rings is 1. The Morgan fingerprint density at radius 1 is 1.26 bits per heavy atom. The third-order valence-corrected chi connectivity index (χ3v) is 3.05. The molecular weight excluding hydrogens is 240 g/mol. The second kappa shape index (κ2) is 5.76. The molecule has 104 valence electrons. The summed E-state index contributed by atoms with van der Waals surface area (Å²) < 4.78 is 11.1. The molecule has 1 atom stereocenters. The van der Waals surface area contributed by atoms with Gasteiger partial charge in [-0.25, -0.2) is 0 Å². The lowest BCUT2D eigenvalue weighted by atomic mass is 9.93. The molecule has 2 rings (SSSR count). The van der Waals surface area contributed by atoms with E-state index in [4.69, 9.17) is 9.15 Å². The van der Waals surface area contributed by atoms with E-state index < -0.39 is 6.10 Å². The van der Waals surface area contributed by atoms with Crippen LogP contribution >= 0.6 is 0 Å². The Labute approximate surface area is 114 Å². The van der Waals surface area contributed by atoms with Gasteiger partial charge in [-0.2, -0.15) is 0 Å². The van der Waals surface area contributed by atoms with Crippen LogP contribution in [0.1, 0.15) is 39.1 Å². The number of ether oxygens (including phenoxy) is 1. The summed E-state index contributed by atoms with van der Waals surface area (Å²) in [6, 6.07) is 9.60. The molecule has 0 bridgehead atoms. The molecule has 19 heavy (non-hydrogen) atoms. The minimum Gasteiger partial charge on any atom is -0.458 e. The first-order chi connectivity index (χ1) is 8.96. The zero-order valence-corrected chi connectivity index (χ0v) is 11.8. The Bertz CT molecular complexity index is 489. The molecule has 0 saturated carbocycles. The number of hydrogen-bond acceptors (Lipinski definition) is 3. The average Bonchev–Trinajstić information content (AvgIpc) is 2.77. The minimum absolute atomic E-state index is 0.254. The van der Waals surface area contributed by atoms with Gasteiger partial charge in [0.2, 0.25) is 0 Å². The Hall–Kier alpha value is -1.32. The molecule has 0 aliphatic heterocycles. The summed E-state index contributed by atoms with van der Waals surface area (Å²) in [6.07, 6.45) is 0.271. The van der Waals surface area contributed by atoms with Gasteiger partial charge in [0.1, 0.15) is 17.4 Å². The molecule has 0 amide bonds. The van der Waals surface area contributed by atoms with Crippen LogP contribution in [0.15, 0.2) is 34.7 Å². The van der Waals surface area contributed by atoms with E-state index in [1.165, 1.54) is 0 Å². The Morgan fingerprint density at radius 3 is 2.68 bits per heavy atom. The van der Waals surface area contributed by atoms with E-state index in [-0.39, 0.29) is 12.0 Å². The zero-order valence-electron chi connectivity index (χ0n) is 11.8. The van der Waals surface area contributed by atoms with Crippen molar-refractivity contribution in [2.75, 3.05) is 13.2 Å². The normalized spacial score (nSPS) is 13.9. The molecule has 0 saturated heterocycles. The maximum absolute atomic E-state index is 10.0. The van der Waals surface area contributed by atoms with Gasteiger partial charge < -0.3 is 14.3 Å². The fourth-order valence-corrected chi connectivity index (χ4v) is 1.82. The second-order valence-electron chi connectivity index (χ2n) is 6.09. The fourth-order valence-electron chi connectivity index (χ4n) is 1.82. The van der Waals surface area contributed by atoms with Crippen LogP contribution in [0.2, 0.25) is 0 Å². The molecule has 0 radical (unpaired) electrons. The number of aliphatic hydroxyl groups is 1. The second-order valence-corrected chi connectivity index (χ2v) is 6.09. The van der Waals surface area contributed by atoms with Gasteiger partial charge in [-0.05, 0) is 24.0 Å². The van der Waals surface area contributed by atoms with Gasteiger partial charge in [0.05, 0.1) is 6.61 Å². The molecule has 3 heteroatoms. The first kappa shape index (κ1) is 14.1. The van der Waals surface area contributed by atoms with Crippen molar-refractivity contribution in [1.82, 2.24) is 0 Å². The van der Waals surface area contributed by atoms with Crippen LogP contribution in [0.25, 0.3) is 11.0 Å². The van der Waals surface area contributed by atoms with E-state index >= 15 is 0 Å². The van der Waals surface area contributed by atoms with Crippen molar-refractivity contribution in [3.05, 3.63) is 36.1 Å². The predicted octanol–water partition coefficient (Wildman–Crippen LogP) is 3.92. The molecule has 2 aromatic rings. The summed E-state index contributed by atoms with van der Waals surface area (Å²) >= 11 is 0. The van der Waals surface area contributed by atoms with Gasteiger partial charge in [0.25, 0.3) is 0 Å². The highest BCUT2D eigenvalue weighted by Gasteiger charge is 2.14. The Morgan fingerprint density at radius 2 is 2.00 bits per heavy atom. The quantitative estimate of drug-likeness (QED) is 0.830. The van der Waals surface area contributed by atoms with E-state index in [2.05, 4.69) is 20.8 Å². The molecule has 3 nitrogen and oxygen atoms in total. The van der Waals surface area contributed by atoms with Gasteiger partial charge in [-0.15, -0.1) is 0 Å². The average molecular weight is 262 g/mol. The fraction of sp³-hybridized carbons (Fsp3) is 0.500. The van der Waals surface area contributed by atoms with Gasteiger partial charge in [0, 0.05) is 12.0 Å². The molecule has 0 spiro atoms. The zero-order chi connectivity index (χ0) is 13.9. The number of fused-ring (bicyclic) bond motifs is 1. The smallest absolute Gasteiger partial charge is 0.136 e. The van der Waals surface area contributed by atoms with Crippen molar-refractivity contribution < 1.29 is 14.3 Å². The van der Waals surface area contributed by atoms with Crippen molar-refractivity contribution in [1.29, 1.82) is 0 Å². The number of para-hydroxylation sites is 1. The number of rotatable bonds is 5. The molecule has 1 heterocycles. The number of benzene rings is 1. The van der Waals surface area contributed by atoms with Crippen LogP contribution in [-0.2, 0) is 4.74 Å². The largest absolute Gasteiger partial charge is 0.458 e. The molecule has 1 aromatic heterocycles. The molecule has 1 aromatic carbocycles. The van der Waals surface area contributed by atoms with E-state index in [1.807, 2.05) is 30.3 Å². The van der Waals surface area contributed by atoms with E-state index in [0.717, 1.165) is 17.4 Å². The van der Waals surface area contributed by atoms with E-state index in [0.29, 0.717) is 12.4 Å². The van der Waals surface area contributed by atoms with Crippen LogP contribution in [0.3, 0.4) is 0 Å². The number of hydrogen-bond donors (Lipinski definition) is 1. The topological polar surface area (TPSA) is 42.6 Å². The summed E-state index contributed by atoms with van der Waals surface area (Å²) in [6.45, 7) is 7.45. The lowest BCUT2D eigenvalue weighted by Crippen LogP contribution is -2.12. The van der Waals surface area contributed by atoms with E-state index in [9.17, 15) is 5.11 Å². The van der Waals surface area contributed by atoms with Gasteiger partial charge in [-0.1, -0.05) is 39.0 Å². The van der Waals surface area contributed by atoms with Crippen molar-refractivity contribution >= 4 is 11.0 Å². The Kier molecular flexibility index (Phi) is 4.27. The summed E-state index contributed by atoms with van der Waals surface area (Å²) in [5.74, 6) is 0.567. The predicted molar refractivity (Wildman–Crippen MR) is 76.1 cm³/mol. The van der Waals surface area contributed by atoms with Crippen molar-refractivity contribution in [2.24, 2.45) is 5.41 Å². The first-order valence-corrected chi connectivity index (χ1v) is 6.70. The third kappa shape index (κ3) is 4.08. The summed E-state index contributed by atoms with van der Waals surface area (Å²) in [4.78, 5) is 0. The summed E-state index contributed by atoms with van der Waals surface area (Å²) in [5.41, 5.74) is 1.05. The first-order valence-electron chi connectivity index (χ1n) is 6.70. The Balaban J connectivity index is 1.87. The number of aliphatic hydroxyl groups excluding tert-OH is 1. The SMILES string of the molecule is CC(C)(C)CCOCC(O)c1cc2ccccc2o1. The molecule has 1 unspecified atom stereocenters. The van der Waals surface area contributed by atoms with Crippen molar-refractivity contribution in [3.63, 3.8) is 0 Å². The van der Waals surface area contributed by atoms with Crippen LogP contribution in [0, 0.1) is 5.41 Å². The van der Waals surface area contributed by atoms with Gasteiger partial charge in [-0.3, -0.25) is 0 Å². The molecule has 1 N–H and O–H groups in total. The van der Waals surface area contributed by atoms with Crippen molar-refractivity contribution in [2.45, 2.75) is 33.3 Å². The maximum Gasteiger partial charge on any atom is 0.136 e. The summed E-state index contributed by atoms with van der Waals surface area (Å²) in [5, 5.41) is 11.0. The lowest BCUT2D eigenvalue weighted by Gasteiger charge is -2.18. The minimum atomic E-state index is -0.702. The molecule has 0 aliphatic rings. The van der Waals surface area contributed by atoms with Gasteiger partial charge >= 0.3 is 0 Å². The standard InChI is InChI=1S/C16H22O3/c1-16(2,3)8-9-18-11-13(17)15-10-12-6-4-5-7-14(12)19-15/h4-7,10,13,17H,8-9,11H2,1-3H3. The lowest BCUT2D eigenvalue weighted by molar-refractivity contribution is 0.0172. The van der Waals surface area contributed by atoms with Crippen LogP contribution in [0.5, 0.6) is 0 Å². The van der Waals surface area contributed by atoms with E-state index in [1.54, 1.807) is 0 Å². The van der Waals surface area contributed by atoms with Crippen LogP contribution in [0.4, 0.5) is 0 Å². The van der Waals surface area contributed by atoms with Gasteiger partial charge in [0.15, 0.2) is 0 Å². The molecule has 0 aliphatic carbocycles. The highest BCUT2D eigenvalue weighted by atomic mass is 16.5. The van der Waals surface area contributed by atoms with Crippen LogP contribution < -0.4 is 0 Å². The molecular formula is C16H22O3. The highest BCUT2D eigenvalue weighted by Crippen LogP contribution is 2.24.